The third-order valence-corrected chi connectivity index (χ3v) is 5.69. The molecule has 138 valence electrons. The molecule has 1 aliphatic rings. The molecule has 8 heteroatoms. The zero-order valence-corrected chi connectivity index (χ0v) is 16.2. The highest BCUT2D eigenvalue weighted by Gasteiger charge is 2.33. The first-order valence-corrected chi connectivity index (χ1v) is 9.53. The maximum atomic E-state index is 12.6. The van der Waals surface area contributed by atoms with Crippen molar-refractivity contribution in [1.29, 1.82) is 0 Å². The van der Waals surface area contributed by atoms with Gasteiger partial charge in [-0.1, -0.05) is 23.7 Å². The van der Waals surface area contributed by atoms with E-state index in [-0.39, 0.29) is 11.9 Å². The number of aromatic nitrogens is 1. The molecule has 1 fully saturated rings. The van der Waals surface area contributed by atoms with E-state index in [9.17, 15) is 9.59 Å². The number of hydrogen-bond acceptors (Lipinski definition) is 6. The quantitative estimate of drug-likeness (QED) is 0.747. The van der Waals surface area contributed by atoms with Crippen molar-refractivity contribution in [3.8, 4) is 0 Å². The van der Waals surface area contributed by atoms with Crippen molar-refractivity contribution in [2.75, 3.05) is 33.3 Å². The zero-order chi connectivity index (χ0) is 18.7. The monoisotopic (exact) mass is 393 g/mol. The van der Waals surface area contributed by atoms with E-state index in [4.69, 9.17) is 16.3 Å². The molecule has 1 aromatic carbocycles. The Labute approximate surface area is 161 Å². The lowest BCUT2D eigenvalue weighted by Gasteiger charge is -2.38. The van der Waals surface area contributed by atoms with E-state index in [1.165, 1.54) is 18.4 Å². The maximum Gasteiger partial charge on any atom is 0.327 e. The van der Waals surface area contributed by atoms with Crippen LogP contribution in [0, 0.1) is 6.92 Å². The Bertz CT molecular complexity index is 785. The number of hydrogen-bond donors (Lipinski definition) is 0. The summed E-state index contributed by atoms with van der Waals surface area (Å²) in [5, 5.41) is 0.618. The largest absolute Gasteiger partial charge is 0.468 e. The average Bonchev–Trinajstić information content (AvgIpc) is 3.09. The van der Waals surface area contributed by atoms with Gasteiger partial charge in [-0.25, -0.2) is 9.78 Å². The summed E-state index contributed by atoms with van der Waals surface area (Å²) in [5.74, 6) is -0.309. The van der Waals surface area contributed by atoms with Crippen LogP contribution in [0.4, 0.5) is 0 Å². The van der Waals surface area contributed by atoms with Gasteiger partial charge in [-0.2, -0.15) is 0 Å². The molecule has 0 bridgehead atoms. The fourth-order valence-electron chi connectivity index (χ4n) is 3.09. The molecule has 3 rings (SSSR count). The molecule has 0 aliphatic carbocycles. The van der Waals surface area contributed by atoms with Crippen molar-refractivity contribution >= 4 is 34.8 Å². The van der Waals surface area contributed by atoms with Crippen LogP contribution in [0.1, 0.15) is 27.0 Å². The molecule has 1 aromatic heterocycles. The zero-order valence-electron chi connectivity index (χ0n) is 14.6. The number of piperazine rings is 1. The van der Waals surface area contributed by atoms with Crippen LogP contribution in [0.2, 0.25) is 5.02 Å². The van der Waals surface area contributed by atoms with Crippen molar-refractivity contribution in [3.63, 3.8) is 0 Å². The highest BCUT2D eigenvalue weighted by molar-refractivity contribution is 7.11. The van der Waals surface area contributed by atoms with Crippen molar-refractivity contribution in [2.24, 2.45) is 0 Å². The van der Waals surface area contributed by atoms with Gasteiger partial charge in [0.15, 0.2) is 0 Å². The first-order valence-electron chi connectivity index (χ1n) is 8.28. The molecule has 0 radical (unpaired) electrons. The summed E-state index contributed by atoms with van der Waals surface area (Å²) in [4.78, 5) is 33.7. The fraction of sp³-hybridized carbons (Fsp3) is 0.389. The van der Waals surface area contributed by atoms with Crippen LogP contribution in [0.3, 0.4) is 0 Å². The van der Waals surface area contributed by atoms with Gasteiger partial charge in [0.2, 0.25) is 0 Å². The minimum absolute atomic E-state index is 0.00533. The predicted octanol–water partition coefficient (Wildman–Crippen LogP) is 2.78. The van der Waals surface area contributed by atoms with E-state index in [1.807, 2.05) is 28.9 Å². The molecule has 1 aliphatic heterocycles. The first-order chi connectivity index (χ1) is 12.5. The number of carbonyl (C=O) groups is 2. The van der Waals surface area contributed by atoms with Gasteiger partial charge in [0.05, 0.1) is 18.3 Å². The smallest absolute Gasteiger partial charge is 0.327 e. The van der Waals surface area contributed by atoms with Crippen molar-refractivity contribution in [1.82, 2.24) is 14.8 Å². The Kier molecular flexibility index (Phi) is 5.90. The van der Waals surface area contributed by atoms with E-state index in [1.54, 1.807) is 17.6 Å². The molecule has 1 unspecified atom stereocenters. The molecule has 6 nitrogen and oxygen atoms in total. The number of ether oxygens (including phenoxy) is 1. The molecule has 26 heavy (non-hydrogen) atoms. The Morgan fingerprint density at radius 1 is 1.19 bits per heavy atom. The number of esters is 1. The maximum absolute atomic E-state index is 12.6. The summed E-state index contributed by atoms with van der Waals surface area (Å²) < 4.78 is 5.00. The summed E-state index contributed by atoms with van der Waals surface area (Å²) in [6, 6.07) is 6.70. The van der Waals surface area contributed by atoms with Crippen LogP contribution >= 0.6 is 22.9 Å². The van der Waals surface area contributed by atoms with Gasteiger partial charge < -0.3 is 9.64 Å². The minimum Gasteiger partial charge on any atom is -0.468 e. The van der Waals surface area contributed by atoms with Gasteiger partial charge in [-0.3, -0.25) is 9.69 Å². The fourth-order valence-corrected chi connectivity index (χ4v) is 3.98. The van der Waals surface area contributed by atoms with Crippen molar-refractivity contribution < 1.29 is 14.3 Å². The van der Waals surface area contributed by atoms with Crippen LogP contribution in [0.5, 0.6) is 0 Å². The molecular formula is C18H20ClN3O3S. The molecule has 0 N–H and O–H groups in total. The second kappa shape index (κ2) is 8.16. The Morgan fingerprint density at radius 3 is 2.38 bits per heavy atom. The normalized spacial score (nSPS) is 16.3. The van der Waals surface area contributed by atoms with E-state index < -0.39 is 6.04 Å². The third kappa shape index (κ3) is 3.90. The highest BCUT2D eigenvalue weighted by atomic mass is 35.5. The van der Waals surface area contributed by atoms with E-state index in [0.29, 0.717) is 36.1 Å². The summed E-state index contributed by atoms with van der Waals surface area (Å²) in [7, 11) is 1.39. The summed E-state index contributed by atoms with van der Waals surface area (Å²) >= 11 is 7.32. The van der Waals surface area contributed by atoms with Crippen molar-refractivity contribution in [2.45, 2.75) is 13.0 Å². The van der Waals surface area contributed by atoms with Crippen LogP contribution < -0.4 is 0 Å². The Balaban J connectivity index is 1.71. The SMILES string of the molecule is COC(=O)C(c1ccc(Cl)cc1)N1CCN(C(=O)c2scnc2C)CC1. The summed E-state index contributed by atoms with van der Waals surface area (Å²) in [6.07, 6.45) is 0. The van der Waals surface area contributed by atoms with Gasteiger partial charge in [-0.05, 0) is 24.6 Å². The van der Waals surface area contributed by atoms with Gasteiger partial charge in [0.25, 0.3) is 5.91 Å². The predicted molar refractivity (Wildman–Crippen MR) is 101 cm³/mol. The lowest BCUT2D eigenvalue weighted by Crippen LogP contribution is -2.51. The lowest BCUT2D eigenvalue weighted by atomic mass is 10.0. The standard InChI is InChI=1S/C18H20ClN3O3S/c1-12-16(26-11-20-12)17(23)22-9-7-21(8-10-22)15(18(24)25-2)13-3-5-14(19)6-4-13/h3-6,11,15H,7-10H2,1-2H3. The number of amides is 1. The number of carbonyl (C=O) groups excluding carboxylic acids is 2. The molecule has 2 heterocycles. The van der Waals surface area contributed by atoms with Crippen LogP contribution in [-0.4, -0.2) is 59.9 Å². The number of thiazole rings is 1. The van der Waals surface area contributed by atoms with Crippen LogP contribution in [-0.2, 0) is 9.53 Å². The molecular weight excluding hydrogens is 374 g/mol. The molecule has 0 spiro atoms. The Morgan fingerprint density at radius 2 is 1.85 bits per heavy atom. The molecule has 2 aromatic rings. The minimum atomic E-state index is -0.500. The second-order valence-corrected chi connectivity index (χ2v) is 7.36. The third-order valence-electron chi connectivity index (χ3n) is 4.52. The first kappa shape index (κ1) is 18.8. The van der Waals surface area contributed by atoms with E-state index in [2.05, 4.69) is 4.98 Å². The summed E-state index contributed by atoms with van der Waals surface area (Å²) in [6.45, 7) is 4.13. The number of halogens is 1. The number of methoxy groups -OCH3 is 1. The number of aryl methyl sites for hydroxylation is 1. The number of benzene rings is 1. The van der Waals surface area contributed by atoms with E-state index in [0.717, 1.165) is 11.3 Å². The molecule has 1 atom stereocenters. The van der Waals surface area contributed by atoms with Crippen LogP contribution in [0.25, 0.3) is 0 Å². The van der Waals surface area contributed by atoms with Gasteiger partial charge >= 0.3 is 5.97 Å². The molecule has 1 saturated heterocycles. The van der Waals surface area contributed by atoms with Gasteiger partial charge in [0.1, 0.15) is 10.9 Å². The van der Waals surface area contributed by atoms with Crippen LogP contribution in [0.15, 0.2) is 29.8 Å². The molecule has 0 saturated carbocycles. The van der Waals surface area contributed by atoms with Gasteiger partial charge in [0, 0.05) is 31.2 Å². The average molecular weight is 394 g/mol. The van der Waals surface area contributed by atoms with Crippen molar-refractivity contribution in [3.05, 3.63) is 50.9 Å². The second-order valence-electron chi connectivity index (χ2n) is 6.07. The summed E-state index contributed by atoms with van der Waals surface area (Å²) in [5.41, 5.74) is 3.28. The Hall–Kier alpha value is -1.96. The number of rotatable bonds is 4. The lowest BCUT2D eigenvalue weighted by molar-refractivity contribution is -0.148. The van der Waals surface area contributed by atoms with E-state index >= 15 is 0 Å². The highest BCUT2D eigenvalue weighted by Crippen LogP contribution is 2.26. The van der Waals surface area contributed by atoms with Gasteiger partial charge in [-0.15, -0.1) is 11.3 Å². The number of nitrogens with zero attached hydrogens (tertiary/aromatic N) is 3. The molecule has 1 amide bonds. The topological polar surface area (TPSA) is 62.7 Å².